The second kappa shape index (κ2) is 9.37. The first-order valence-corrected chi connectivity index (χ1v) is 9.83. The number of aromatic nitrogens is 1. The number of nitro groups is 1. The zero-order valence-corrected chi connectivity index (χ0v) is 17.1. The Balaban J connectivity index is 1.56. The lowest BCUT2D eigenvalue weighted by Gasteiger charge is -2.04. The summed E-state index contributed by atoms with van der Waals surface area (Å²) in [7, 11) is 0. The molecule has 29 heavy (non-hydrogen) atoms. The first kappa shape index (κ1) is 20.6. The van der Waals surface area contributed by atoms with Crippen LogP contribution in [0.2, 0.25) is 5.02 Å². The molecule has 1 heterocycles. The highest BCUT2D eigenvalue weighted by Gasteiger charge is 2.08. The SMILES string of the molecule is O=C(C=Cc1cccc([N+](=O)[O-])c1)NC(=S)Nc1nc(-c2ccc(Cl)cc2)cs1. The van der Waals surface area contributed by atoms with Crippen molar-refractivity contribution >= 4 is 63.1 Å². The third-order valence-corrected chi connectivity index (χ3v) is 4.82. The van der Waals surface area contributed by atoms with Crippen LogP contribution in [0.3, 0.4) is 0 Å². The number of halogens is 1. The summed E-state index contributed by atoms with van der Waals surface area (Å²) in [5, 5.41) is 19.3. The smallest absolute Gasteiger partial charge is 0.270 e. The maximum absolute atomic E-state index is 12.0. The largest absolute Gasteiger partial charge is 0.308 e. The number of hydrogen-bond acceptors (Lipinski definition) is 6. The van der Waals surface area contributed by atoms with Crippen LogP contribution in [0.25, 0.3) is 17.3 Å². The Morgan fingerprint density at radius 1 is 1.24 bits per heavy atom. The number of nitrogens with one attached hydrogen (secondary N) is 2. The van der Waals surface area contributed by atoms with E-state index in [4.69, 9.17) is 23.8 Å². The number of rotatable bonds is 5. The van der Waals surface area contributed by atoms with Gasteiger partial charge >= 0.3 is 0 Å². The molecule has 0 aliphatic heterocycles. The number of thiocarbonyl (C=S) groups is 1. The first-order chi connectivity index (χ1) is 13.9. The molecule has 1 aromatic heterocycles. The highest BCUT2D eigenvalue weighted by molar-refractivity contribution is 7.80. The number of non-ortho nitro benzene ring substituents is 1. The van der Waals surface area contributed by atoms with E-state index in [2.05, 4.69) is 15.6 Å². The number of benzene rings is 2. The monoisotopic (exact) mass is 444 g/mol. The van der Waals surface area contributed by atoms with Crippen LogP contribution in [0.15, 0.2) is 60.0 Å². The molecule has 3 rings (SSSR count). The number of nitrogens with zero attached hydrogens (tertiary/aromatic N) is 2. The molecule has 146 valence electrons. The predicted molar refractivity (Wildman–Crippen MR) is 119 cm³/mol. The van der Waals surface area contributed by atoms with Gasteiger partial charge in [-0.3, -0.25) is 20.2 Å². The molecule has 0 aliphatic rings. The molecule has 0 spiro atoms. The third kappa shape index (κ3) is 5.92. The lowest BCUT2D eigenvalue weighted by Crippen LogP contribution is -2.32. The van der Waals surface area contributed by atoms with Gasteiger partial charge in [0.2, 0.25) is 5.91 Å². The molecule has 0 saturated heterocycles. The molecule has 0 fully saturated rings. The summed E-state index contributed by atoms with van der Waals surface area (Å²) in [6.07, 6.45) is 2.71. The van der Waals surface area contributed by atoms with Crippen LogP contribution in [0.1, 0.15) is 5.56 Å². The Morgan fingerprint density at radius 3 is 2.72 bits per heavy atom. The Bertz CT molecular complexity index is 1100. The average molecular weight is 445 g/mol. The van der Waals surface area contributed by atoms with E-state index in [-0.39, 0.29) is 10.8 Å². The van der Waals surface area contributed by atoms with Crippen molar-refractivity contribution < 1.29 is 9.72 Å². The number of anilines is 1. The summed E-state index contributed by atoms with van der Waals surface area (Å²) in [4.78, 5) is 26.7. The minimum Gasteiger partial charge on any atom is -0.308 e. The second-order valence-corrected chi connectivity index (χ2v) is 7.38. The van der Waals surface area contributed by atoms with Crippen molar-refractivity contribution in [2.75, 3.05) is 5.32 Å². The lowest BCUT2D eigenvalue weighted by molar-refractivity contribution is -0.384. The number of amides is 1. The van der Waals surface area contributed by atoms with Gasteiger partial charge in [0.15, 0.2) is 10.2 Å². The molecule has 7 nitrogen and oxygen atoms in total. The summed E-state index contributed by atoms with van der Waals surface area (Å²) in [6, 6.07) is 13.2. The quantitative estimate of drug-likeness (QED) is 0.251. The summed E-state index contributed by atoms with van der Waals surface area (Å²) in [5.74, 6) is -0.469. The standard InChI is InChI=1S/C19H13ClN4O3S2/c20-14-7-5-13(6-8-14)16-11-29-19(21-16)23-18(28)22-17(25)9-4-12-2-1-3-15(10-12)24(26)27/h1-11H,(H2,21,22,23,25,28). The van der Waals surface area contributed by atoms with Gasteiger partial charge in [0.05, 0.1) is 10.6 Å². The minimum atomic E-state index is -0.497. The van der Waals surface area contributed by atoms with Crippen LogP contribution < -0.4 is 10.6 Å². The van der Waals surface area contributed by atoms with E-state index >= 15 is 0 Å². The average Bonchev–Trinajstić information content (AvgIpc) is 3.15. The van der Waals surface area contributed by atoms with Crippen LogP contribution in [0.5, 0.6) is 0 Å². The Morgan fingerprint density at radius 2 is 2.00 bits per heavy atom. The molecule has 0 atom stereocenters. The van der Waals surface area contributed by atoms with Gasteiger partial charge in [-0.2, -0.15) is 0 Å². The van der Waals surface area contributed by atoms with Gasteiger partial charge in [-0.05, 0) is 36.0 Å². The van der Waals surface area contributed by atoms with E-state index < -0.39 is 10.8 Å². The fourth-order valence-corrected chi connectivity index (χ4v) is 3.39. The molecule has 10 heteroatoms. The van der Waals surface area contributed by atoms with E-state index in [1.54, 1.807) is 24.3 Å². The number of thiazole rings is 1. The van der Waals surface area contributed by atoms with Gasteiger partial charge in [-0.15, -0.1) is 11.3 Å². The van der Waals surface area contributed by atoms with Crippen LogP contribution in [0, 0.1) is 10.1 Å². The first-order valence-electron chi connectivity index (χ1n) is 8.17. The fraction of sp³-hybridized carbons (Fsp3) is 0. The summed E-state index contributed by atoms with van der Waals surface area (Å²) < 4.78 is 0. The van der Waals surface area contributed by atoms with E-state index in [0.29, 0.717) is 15.7 Å². The highest BCUT2D eigenvalue weighted by Crippen LogP contribution is 2.25. The van der Waals surface area contributed by atoms with Crippen molar-refractivity contribution in [1.82, 2.24) is 10.3 Å². The van der Waals surface area contributed by atoms with Crippen LogP contribution >= 0.6 is 35.2 Å². The highest BCUT2D eigenvalue weighted by atomic mass is 35.5. The van der Waals surface area contributed by atoms with Crippen molar-refractivity contribution in [3.05, 3.63) is 80.7 Å². The molecule has 0 unspecified atom stereocenters. The Hall–Kier alpha value is -3.14. The number of carbonyl (C=O) groups excluding carboxylic acids is 1. The van der Waals surface area contributed by atoms with E-state index in [0.717, 1.165) is 11.3 Å². The van der Waals surface area contributed by atoms with Crippen molar-refractivity contribution in [1.29, 1.82) is 0 Å². The van der Waals surface area contributed by atoms with Gasteiger partial charge in [0, 0.05) is 34.2 Å². The molecule has 0 radical (unpaired) electrons. The number of carbonyl (C=O) groups is 1. The van der Waals surface area contributed by atoms with Gasteiger partial charge in [0.25, 0.3) is 5.69 Å². The molecule has 1 amide bonds. The maximum Gasteiger partial charge on any atom is 0.270 e. The van der Waals surface area contributed by atoms with Crippen molar-refractivity contribution in [3.8, 4) is 11.3 Å². The zero-order chi connectivity index (χ0) is 20.8. The van der Waals surface area contributed by atoms with Crippen molar-refractivity contribution in [3.63, 3.8) is 0 Å². The summed E-state index contributed by atoms with van der Waals surface area (Å²) in [6.45, 7) is 0. The minimum absolute atomic E-state index is 0.0509. The van der Waals surface area contributed by atoms with Crippen molar-refractivity contribution in [2.24, 2.45) is 0 Å². The summed E-state index contributed by atoms with van der Waals surface area (Å²) >= 11 is 12.4. The molecular weight excluding hydrogens is 432 g/mol. The molecule has 0 bridgehead atoms. The van der Waals surface area contributed by atoms with E-state index in [9.17, 15) is 14.9 Å². The van der Waals surface area contributed by atoms with E-state index in [1.807, 2.05) is 17.5 Å². The van der Waals surface area contributed by atoms with Crippen LogP contribution in [-0.2, 0) is 4.79 Å². The lowest BCUT2D eigenvalue weighted by atomic mass is 10.2. The fourth-order valence-electron chi connectivity index (χ4n) is 2.28. The Labute approximate surface area is 180 Å². The maximum atomic E-state index is 12.0. The molecule has 3 aromatic rings. The molecule has 0 saturated carbocycles. The molecule has 2 N–H and O–H groups in total. The predicted octanol–water partition coefficient (Wildman–Crippen LogP) is 4.90. The second-order valence-electron chi connectivity index (χ2n) is 5.67. The van der Waals surface area contributed by atoms with Crippen LogP contribution in [0.4, 0.5) is 10.8 Å². The molecule has 0 aliphatic carbocycles. The van der Waals surface area contributed by atoms with Gasteiger partial charge in [0.1, 0.15) is 0 Å². The molecule has 2 aromatic carbocycles. The molecular formula is C19H13ClN4O3S2. The van der Waals surface area contributed by atoms with E-state index in [1.165, 1.54) is 35.6 Å². The van der Waals surface area contributed by atoms with Crippen molar-refractivity contribution in [2.45, 2.75) is 0 Å². The van der Waals surface area contributed by atoms with Gasteiger partial charge in [-0.1, -0.05) is 35.9 Å². The number of hydrogen-bond donors (Lipinski definition) is 2. The topological polar surface area (TPSA) is 97.2 Å². The van der Waals surface area contributed by atoms with Crippen LogP contribution in [-0.4, -0.2) is 20.9 Å². The summed E-state index contributed by atoms with van der Waals surface area (Å²) in [5.41, 5.74) is 2.15. The zero-order valence-electron chi connectivity index (χ0n) is 14.7. The van der Waals surface area contributed by atoms with Gasteiger partial charge < -0.3 is 5.32 Å². The normalized spacial score (nSPS) is 10.7. The number of nitro benzene ring substituents is 1. The van der Waals surface area contributed by atoms with Gasteiger partial charge in [-0.25, -0.2) is 4.98 Å². The Kier molecular flexibility index (Phi) is 6.65. The third-order valence-electron chi connectivity index (χ3n) is 3.61.